The van der Waals surface area contributed by atoms with Gasteiger partial charge < -0.3 is 14.2 Å². The molecule has 1 atom stereocenters. The van der Waals surface area contributed by atoms with E-state index in [0.29, 0.717) is 12.8 Å². The lowest BCUT2D eigenvalue weighted by molar-refractivity contribution is -0.167. The smallest absolute Gasteiger partial charge is 0.306 e. The van der Waals surface area contributed by atoms with Crippen molar-refractivity contribution in [2.75, 3.05) is 13.2 Å². The average Bonchev–Trinajstić information content (AvgIpc) is 3.35. The molecule has 0 aromatic rings. The monoisotopic (exact) mass is 957 g/mol. The molecule has 0 saturated heterocycles. The molecule has 0 aromatic carbocycles. The van der Waals surface area contributed by atoms with Gasteiger partial charge in [0.15, 0.2) is 6.10 Å². The van der Waals surface area contributed by atoms with Gasteiger partial charge in [-0.15, -0.1) is 0 Å². The number of carbonyl (C=O) groups excluding carboxylic acids is 3. The highest BCUT2D eigenvalue weighted by atomic mass is 16.6. The molecular weight excluding hydrogens is 853 g/mol. The average molecular weight is 958 g/mol. The Morgan fingerprint density at radius 2 is 0.565 bits per heavy atom. The summed E-state index contributed by atoms with van der Waals surface area (Å²) < 4.78 is 16.8. The first kappa shape index (κ1) is 65.1. The SMILES string of the molecule is CC/C=C\C/C=C\C/C=C\C/C=C\CCCCCCC(=O)OC[C@H](COC(=O)CCCCCCC/C=C\CCCCCCCC)OC(=O)CCCCC/C=C\C/C=C\C/C=C\C/C=C\CCCCC. The van der Waals surface area contributed by atoms with Crippen LogP contribution < -0.4 is 0 Å². The largest absolute Gasteiger partial charge is 0.462 e. The van der Waals surface area contributed by atoms with Crippen molar-refractivity contribution in [1.29, 1.82) is 0 Å². The first-order chi connectivity index (χ1) is 34.0. The third kappa shape index (κ3) is 54.9. The van der Waals surface area contributed by atoms with Gasteiger partial charge in [0.05, 0.1) is 0 Å². The van der Waals surface area contributed by atoms with Gasteiger partial charge in [0.2, 0.25) is 0 Å². The number of rotatable bonds is 50. The van der Waals surface area contributed by atoms with Crippen LogP contribution in [0.25, 0.3) is 0 Å². The van der Waals surface area contributed by atoms with E-state index in [0.717, 1.165) is 135 Å². The summed E-state index contributed by atoms with van der Waals surface area (Å²) in [4.78, 5) is 38.1. The maximum absolute atomic E-state index is 12.9. The Balaban J connectivity index is 4.52. The van der Waals surface area contributed by atoms with Crippen LogP contribution in [0.4, 0.5) is 0 Å². The summed E-state index contributed by atoms with van der Waals surface area (Å²) in [7, 11) is 0. The summed E-state index contributed by atoms with van der Waals surface area (Å²) in [5.74, 6) is -0.969. The Morgan fingerprint density at radius 3 is 0.942 bits per heavy atom. The third-order valence-electron chi connectivity index (χ3n) is 11.7. The Kier molecular flexibility index (Phi) is 53.4. The van der Waals surface area contributed by atoms with Gasteiger partial charge in [-0.05, 0) is 128 Å². The Hall–Kier alpha value is -3.93. The summed E-state index contributed by atoms with van der Waals surface area (Å²) in [6.07, 6.45) is 76.4. The van der Waals surface area contributed by atoms with Crippen molar-refractivity contribution in [3.8, 4) is 0 Å². The number of unbranched alkanes of at least 4 members (excludes halogenated alkanes) is 21. The molecule has 392 valence electrons. The van der Waals surface area contributed by atoms with Crippen molar-refractivity contribution in [2.24, 2.45) is 0 Å². The van der Waals surface area contributed by atoms with Crippen molar-refractivity contribution in [1.82, 2.24) is 0 Å². The first-order valence-corrected chi connectivity index (χ1v) is 28.4. The number of carbonyl (C=O) groups is 3. The van der Waals surface area contributed by atoms with Crippen LogP contribution in [0.5, 0.6) is 0 Å². The highest BCUT2D eigenvalue weighted by Crippen LogP contribution is 2.13. The molecule has 0 aromatic heterocycles. The van der Waals surface area contributed by atoms with Gasteiger partial charge >= 0.3 is 17.9 Å². The zero-order valence-electron chi connectivity index (χ0n) is 44.8. The van der Waals surface area contributed by atoms with E-state index >= 15 is 0 Å². The number of hydrogen-bond acceptors (Lipinski definition) is 6. The van der Waals surface area contributed by atoms with Gasteiger partial charge in [0.1, 0.15) is 13.2 Å². The summed E-state index contributed by atoms with van der Waals surface area (Å²) in [6.45, 7) is 6.44. The zero-order chi connectivity index (χ0) is 50.0. The molecule has 0 aliphatic rings. The van der Waals surface area contributed by atoms with E-state index in [4.69, 9.17) is 14.2 Å². The molecule has 0 heterocycles. The maximum Gasteiger partial charge on any atom is 0.306 e. The molecule has 0 fully saturated rings. The molecule has 0 amide bonds. The summed E-state index contributed by atoms with van der Waals surface area (Å²) >= 11 is 0. The number of ether oxygens (including phenoxy) is 3. The van der Waals surface area contributed by atoms with E-state index in [1.807, 2.05) is 0 Å². The van der Waals surface area contributed by atoms with Crippen LogP contribution in [0.2, 0.25) is 0 Å². The summed E-state index contributed by atoms with van der Waals surface area (Å²) in [5, 5.41) is 0. The lowest BCUT2D eigenvalue weighted by Crippen LogP contribution is -2.30. The number of allylic oxidation sites excluding steroid dienone is 18. The molecule has 0 bridgehead atoms. The van der Waals surface area contributed by atoms with Crippen molar-refractivity contribution in [2.45, 2.75) is 258 Å². The molecule has 0 saturated carbocycles. The Labute approximate surface area is 425 Å². The van der Waals surface area contributed by atoms with Crippen LogP contribution in [0.15, 0.2) is 109 Å². The van der Waals surface area contributed by atoms with Crippen LogP contribution in [-0.2, 0) is 28.6 Å². The second kappa shape index (κ2) is 56.7. The maximum atomic E-state index is 12.9. The molecule has 0 rings (SSSR count). The van der Waals surface area contributed by atoms with Gasteiger partial charge in [-0.1, -0.05) is 214 Å². The number of hydrogen-bond donors (Lipinski definition) is 0. The molecule has 0 N–H and O–H groups in total. The normalized spacial score (nSPS) is 12.9. The number of esters is 3. The van der Waals surface area contributed by atoms with E-state index in [9.17, 15) is 14.4 Å². The van der Waals surface area contributed by atoms with Gasteiger partial charge in [-0.2, -0.15) is 0 Å². The van der Waals surface area contributed by atoms with Crippen LogP contribution in [0.3, 0.4) is 0 Å². The van der Waals surface area contributed by atoms with E-state index in [-0.39, 0.29) is 37.5 Å². The highest BCUT2D eigenvalue weighted by Gasteiger charge is 2.19. The molecule has 0 spiro atoms. The van der Waals surface area contributed by atoms with Gasteiger partial charge in [-0.25, -0.2) is 0 Å². The predicted octanol–water partition coefficient (Wildman–Crippen LogP) is 19.1. The van der Waals surface area contributed by atoms with Gasteiger partial charge in [0, 0.05) is 19.3 Å². The fourth-order valence-electron chi connectivity index (χ4n) is 7.47. The molecule has 0 aliphatic heterocycles. The minimum Gasteiger partial charge on any atom is -0.462 e. The zero-order valence-corrected chi connectivity index (χ0v) is 44.8. The van der Waals surface area contributed by atoms with Crippen LogP contribution in [-0.4, -0.2) is 37.2 Å². The van der Waals surface area contributed by atoms with Crippen LogP contribution in [0, 0.1) is 0 Å². The summed E-state index contributed by atoms with van der Waals surface area (Å²) in [5.41, 5.74) is 0. The van der Waals surface area contributed by atoms with Crippen molar-refractivity contribution in [3.05, 3.63) is 109 Å². The van der Waals surface area contributed by atoms with Gasteiger partial charge in [0.25, 0.3) is 0 Å². The molecule has 0 unspecified atom stereocenters. The van der Waals surface area contributed by atoms with Crippen LogP contribution in [0.1, 0.15) is 252 Å². The molecule has 6 nitrogen and oxygen atoms in total. The lowest BCUT2D eigenvalue weighted by atomic mass is 10.1. The fraction of sp³-hybridized carbons (Fsp3) is 0.667. The molecule has 0 radical (unpaired) electrons. The van der Waals surface area contributed by atoms with Gasteiger partial charge in [-0.3, -0.25) is 14.4 Å². The van der Waals surface area contributed by atoms with E-state index < -0.39 is 6.10 Å². The topological polar surface area (TPSA) is 78.9 Å². The van der Waals surface area contributed by atoms with Crippen molar-refractivity contribution < 1.29 is 28.6 Å². The first-order valence-electron chi connectivity index (χ1n) is 28.4. The quantitative estimate of drug-likeness (QED) is 0.0262. The molecular formula is C63H104O6. The van der Waals surface area contributed by atoms with E-state index in [2.05, 4.69) is 130 Å². The van der Waals surface area contributed by atoms with Crippen LogP contribution >= 0.6 is 0 Å². The third-order valence-corrected chi connectivity index (χ3v) is 11.7. The summed E-state index contributed by atoms with van der Waals surface area (Å²) in [6, 6.07) is 0. The molecule has 6 heteroatoms. The lowest BCUT2D eigenvalue weighted by Gasteiger charge is -2.18. The van der Waals surface area contributed by atoms with E-state index in [1.54, 1.807) is 0 Å². The highest BCUT2D eigenvalue weighted by molar-refractivity contribution is 5.71. The standard InChI is InChI=1S/C63H104O6/c1-4-7-10-13-16-19-22-25-28-30-31-33-36-39-42-45-48-51-54-57-63(66)69-60(58-67-61(64)55-52-49-46-43-40-37-34-27-24-21-18-15-12-9-6-3)59-68-62(65)56-53-50-47-44-41-38-35-32-29-26-23-20-17-14-11-8-5-2/h8,11,16-17,19-20,25-29,31,33-35,38-39,42,60H,4-7,9-10,12-15,18,21-24,30,32,36-37,40-41,43-59H2,1-3H3/b11-8-,19-16-,20-17-,28-25-,29-26-,33-31-,34-27-,38-35-,42-39-/t60-/m0/s1. The fourth-order valence-corrected chi connectivity index (χ4v) is 7.47. The van der Waals surface area contributed by atoms with E-state index in [1.165, 1.54) is 77.0 Å². The molecule has 0 aliphatic carbocycles. The molecule has 69 heavy (non-hydrogen) atoms. The minimum absolute atomic E-state index is 0.105. The minimum atomic E-state index is -0.811. The Bertz CT molecular complexity index is 1420. The predicted molar refractivity (Wildman–Crippen MR) is 297 cm³/mol. The second-order valence-corrected chi connectivity index (χ2v) is 18.5. The van der Waals surface area contributed by atoms with Crippen molar-refractivity contribution in [3.63, 3.8) is 0 Å². The van der Waals surface area contributed by atoms with Crippen molar-refractivity contribution >= 4 is 17.9 Å². The Morgan fingerprint density at radius 1 is 0.304 bits per heavy atom. The second-order valence-electron chi connectivity index (χ2n) is 18.5.